The number of carbonyl (C=O) groups is 2. The monoisotopic (exact) mass is 231 g/mol. The molecular weight excluding hydrogens is 218 g/mol. The van der Waals surface area contributed by atoms with E-state index in [4.69, 9.17) is 0 Å². The number of likely N-dealkylation sites (tertiary alicyclic amines) is 1. The Morgan fingerprint density at radius 3 is 2.41 bits per heavy atom. The number of hydrogen-bond acceptors (Lipinski definition) is 3. The summed E-state index contributed by atoms with van der Waals surface area (Å²) < 4.78 is 0. The number of H-pyrrole nitrogens is 1. The van der Waals surface area contributed by atoms with Crippen LogP contribution in [0.1, 0.15) is 18.5 Å². The van der Waals surface area contributed by atoms with Crippen LogP contribution in [0, 0.1) is 11.8 Å². The van der Waals surface area contributed by atoms with Gasteiger partial charge in [0.25, 0.3) is 0 Å². The Labute approximate surface area is 98.5 Å². The van der Waals surface area contributed by atoms with E-state index in [1.807, 2.05) is 12.2 Å². The van der Waals surface area contributed by atoms with Crippen LogP contribution in [0.25, 0.3) is 0 Å². The van der Waals surface area contributed by atoms with Crippen LogP contribution in [0.15, 0.2) is 24.4 Å². The summed E-state index contributed by atoms with van der Waals surface area (Å²) in [7, 11) is 0. The number of rotatable bonds is 2. The van der Waals surface area contributed by atoms with Crippen LogP contribution in [-0.4, -0.2) is 26.9 Å². The topological polar surface area (TPSA) is 66.1 Å². The highest BCUT2D eigenvalue weighted by Gasteiger charge is 2.47. The van der Waals surface area contributed by atoms with Crippen molar-refractivity contribution in [3.63, 3.8) is 0 Å². The number of amides is 2. The van der Waals surface area contributed by atoms with Gasteiger partial charge >= 0.3 is 0 Å². The molecule has 5 nitrogen and oxygen atoms in total. The van der Waals surface area contributed by atoms with Gasteiger partial charge in [0.15, 0.2) is 0 Å². The second-order valence-electron chi connectivity index (χ2n) is 4.50. The standard InChI is InChI=1S/C12H13N3O2/c16-11-9-3-1-2-4-10(9)12(17)15(11)7-8-5-6-13-14-8/h1-2,5-6,9-10H,3-4,7H2,(H,13,14)/t9-,10+. The van der Waals surface area contributed by atoms with Crippen molar-refractivity contribution >= 4 is 11.8 Å². The summed E-state index contributed by atoms with van der Waals surface area (Å²) in [5.41, 5.74) is 0.790. The maximum absolute atomic E-state index is 12.1. The van der Waals surface area contributed by atoms with Gasteiger partial charge in [-0.2, -0.15) is 5.10 Å². The van der Waals surface area contributed by atoms with Gasteiger partial charge in [0.1, 0.15) is 0 Å². The molecule has 0 spiro atoms. The molecule has 5 heteroatoms. The number of hydrogen-bond donors (Lipinski definition) is 1. The molecule has 17 heavy (non-hydrogen) atoms. The number of aromatic amines is 1. The van der Waals surface area contributed by atoms with Gasteiger partial charge in [-0.3, -0.25) is 19.6 Å². The summed E-state index contributed by atoms with van der Waals surface area (Å²) in [6.07, 6.45) is 6.98. The number of fused-ring (bicyclic) bond motifs is 1. The second-order valence-corrected chi connectivity index (χ2v) is 4.50. The Kier molecular flexibility index (Phi) is 2.31. The van der Waals surface area contributed by atoms with Crippen molar-refractivity contribution in [1.29, 1.82) is 0 Å². The van der Waals surface area contributed by atoms with E-state index in [-0.39, 0.29) is 23.7 Å². The maximum Gasteiger partial charge on any atom is 0.233 e. The molecule has 0 saturated carbocycles. The fraction of sp³-hybridized carbons (Fsp3) is 0.417. The first-order chi connectivity index (χ1) is 8.27. The van der Waals surface area contributed by atoms with Crippen LogP contribution < -0.4 is 0 Å². The van der Waals surface area contributed by atoms with Gasteiger partial charge < -0.3 is 0 Å². The predicted molar refractivity (Wildman–Crippen MR) is 59.5 cm³/mol. The molecule has 1 N–H and O–H groups in total. The molecule has 0 radical (unpaired) electrons. The van der Waals surface area contributed by atoms with Crippen molar-refractivity contribution < 1.29 is 9.59 Å². The number of imide groups is 1. The van der Waals surface area contributed by atoms with Gasteiger partial charge in [-0.25, -0.2) is 0 Å². The summed E-state index contributed by atoms with van der Waals surface area (Å²) in [4.78, 5) is 25.6. The number of nitrogens with zero attached hydrogens (tertiary/aromatic N) is 2. The summed E-state index contributed by atoms with van der Waals surface area (Å²) in [6.45, 7) is 0.310. The van der Waals surface area contributed by atoms with Gasteiger partial charge in [0.2, 0.25) is 11.8 Å². The van der Waals surface area contributed by atoms with E-state index < -0.39 is 0 Å². The van der Waals surface area contributed by atoms with Crippen molar-refractivity contribution in [2.75, 3.05) is 0 Å². The minimum absolute atomic E-state index is 0.0426. The van der Waals surface area contributed by atoms with Crippen LogP contribution >= 0.6 is 0 Å². The van der Waals surface area contributed by atoms with E-state index in [0.717, 1.165) is 5.69 Å². The molecule has 1 aromatic heterocycles. The van der Waals surface area contributed by atoms with Crippen molar-refractivity contribution in [2.45, 2.75) is 19.4 Å². The smallest absolute Gasteiger partial charge is 0.233 e. The highest BCUT2D eigenvalue weighted by atomic mass is 16.2. The fourth-order valence-corrected chi connectivity index (χ4v) is 2.57. The van der Waals surface area contributed by atoms with Crippen LogP contribution in [0.2, 0.25) is 0 Å². The lowest BCUT2D eigenvalue weighted by Crippen LogP contribution is -2.30. The predicted octanol–water partition coefficient (Wildman–Crippen LogP) is 0.861. The maximum atomic E-state index is 12.1. The summed E-state index contributed by atoms with van der Waals surface area (Å²) in [5.74, 6) is -0.372. The van der Waals surface area contributed by atoms with E-state index in [2.05, 4.69) is 10.2 Å². The Morgan fingerprint density at radius 2 is 1.88 bits per heavy atom. The Morgan fingerprint density at radius 1 is 1.24 bits per heavy atom. The SMILES string of the molecule is O=C1[C@H]2CC=CC[C@H]2C(=O)N1Cc1ccn[nH]1. The van der Waals surface area contributed by atoms with E-state index in [1.54, 1.807) is 12.3 Å². The minimum Gasteiger partial charge on any atom is -0.281 e. The zero-order valence-electron chi connectivity index (χ0n) is 9.30. The molecule has 2 aliphatic rings. The lowest BCUT2D eigenvalue weighted by Gasteiger charge is -2.14. The molecule has 1 saturated heterocycles. The summed E-state index contributed by atoms with van der Waals surface area (Å²) in [5, 5.41) is 6.59. The first-order valence-electron chi connectivity index (χ1n) is 5.76. The van der Waals surface area contributed by atoms with Crippen molar-refractivity contribution in [2.24, 2.45) is 11.8 Å². The van der Waals surface area contributed by atoms with Crippen molar-refractivity contribution in [3.8, 4) is 0 Å². The molecule has 88 valence electrons. The molecule has 0 unspecified atom stereocenters. The lowest BCUT2D eigenvalue weighted by atomic mass is 9.85. The average Bonchev–Trinajstić information content (AvgIpc) is 2.94. The Balaban J connectivity index is 1.82. The highest BCUT2D eigenvalue weighted by Crippen LogP contribution is 2.35. The van der Waals surface area contributed by atoms with Gasteiger partial charge in [-0.05, 0) is 18.9 Å². The van der Waals surface area contributed by atoms with Crippen LogP contribution in [-0.2, 0) is 16.1 Å². The molecule has 3 rings (SSSR count). The highest BCUT2D eigenvalue weighted by molar-refractivity contribution is 6.05. The van der Waals surface area contributed by atoms with Crippen molar-refractivity contribution in [3.05, 3.63) is 30.1 Å². The van der Waals surface area contributed by atoms with Gasteiger partial charge in [-0.15, -0.1) is 0 Å². The first kappa shape index (κ1) is 10.3. The van der Waals surface area contributed by atoms with E-state index >= 15 is 0 Å². The average molecular weight is 231 g/mol. The third-order valence-corrected chi connectivity index (χ3v) is 3.49. The zero-order valence-corrected chi connectivity index (χ0v) is 9.30. The molecule has 0 aromatic carbocycles. The van der Waals surface area contributed by atoms with Gasteiger partial charge in [-0.1, -0.05) is 12.2 Å². The van der Waals surface area contributed by atoms with E-state index in [0.29, 0.717) is 19.4 Å². The van der Waals surface area contributed by atoms with Crippen LogP contribution in [0.5, 0.6) is 0 Å². The lowest BCUT2D eigenvalue weighted by molar-refractivity contribution is -0.140. The van der Waals surface area contributed by atoms with Crippen LogP contribution in [0.4, 0.5) is 0 Å². The molecule has 2 atom stereocenters. The molecule has 1 aliphatic carbocycles. The third kappa shape index (κ3) is 1.58. The fourth-order valence-electron chi connectivity index (χ4n) is 2.57. The second kappa shape index (κ2) is 3.84. The largest absolute Gasteiger partial charge is 0.281 e. The van der Waals surface area contributed by atoms with E-state index in [1.165, 1.54) is 4.90 Å². The minimum atomic E-state index is -0.143. The summed E-state index contributed by atoms with van der Waals surface area (Å²) >= 11 is 0. The number of allylic oxidation sites excluding steroid dienone is 2. The Hall–Kier alpha value is -1.91. The molecule has 1 aromatic rings. The molecule has 2 amide bonds. The number of aromatic nitrogens is 2. The molecule has 1 aliphatic heterocycles. The van der Waals surface area contributed by atoms with E-state index in [9.17, 15) is 9.59 Å². The van der Waals surface area contributed by atoms with Crippen LogP contribution in [0.3, 0.4) is 0 Å². The quantitative estimate of drug-likeness (QED) is 0.606. The molecular formula is C12H13N3O2. The first-order valence-corrected chi connectivity index (χ1v) is 5.76. The zero-order chi connectivity index (χ0) is 11.8. The Bertz CT molecular complexity index is 452. The van der Waals surface area contributed by atoms with Crippen molar-refractivity contribution in [1.82, 2.24) is 15.1 Å². The molecule has 0 bridgehead atoms. The number of nitrogens with one attached hydrogen (secondary N) is 1. The van der Waals surface area contributed by atoms with Gasteiger partial charge in [0, 0.05) is 6.20 Å². The molecule has 1 fully saturated rings. The normalized spacial score (nSPS) is 27.6. The summed E-state index contributed by atoms with van der Waals surface area (Å²) in [6, 6.07) is 1.78. The van der Waals surface area contributed by atoms with Gasteiger partial charge in [0.05, 0.1) is 24.1 Å². The molecule has 2 heterocycles. The third-order valence-electron chi connectivity index (χ3n) is 3.49. The number of carbonyl (C=O) groups excluding carboxylic acids is 2.